The Hall–Kier alpha value is -2.90. The Kier molecular flexibility index (Phi) is 11.2. The molecule has 8 heteroatoms. The number of ether oxygens (including phenoxy) is 4. The smallest absolute Gasteiger partial charge is 0.339 e. The second kappa shape index (κ2) is 13.3. The van der Waals surface area contributed by atoms with Crippen molar-refractivity contribution >= 4 is 23.9 Å². The molecule has 8 nitrogen and oxygen atoms in total. The minimum atomic E-state index is -0.793. The van der Waals surface area contributed by atoms with E-state index in [4.69, 9.17) is 18.9 Å². The highest BCUT2D eigenvalue weighted by Crippen LogP contribution is 2.22. The number of esters is 4. The molecule has 0 unspecified atom stereocenters. The molecule has 0 N–H and O–H groups in total. The molecule has 0 fully saturated rings. The molecule has 0 amide bonds. The summed E-state index contributed by atoms with van der Waals surface area (Å²) in [5.41, 5.74) is -0.667. The maximum atomic E-state index is 12.5. The Morgan fingerprint density at radius 3 is 0.867 bits per heavy atom. The molecular formula is C22H30O8. The van der Waals surface area contributed by atoms with E-state index in [1.54, 1.807) is 0 Å². The number of rotatable bonds is 12. The zero-order chi connectivity index (χ0) is 22.5. The van der Waals surface area contributed by atoms with Gasteiger partial charge in [0.2, 0.25) is 0 Å². The molecule has 0 spiro atoms. The fourth-order valence-electron chi connectivity index (χ4n) is 2.37. The van der Waals surface area contributed by atoms with Gasteiger partial charge in [-0.1, -0.05) is 27.7 Å². The first-order chi connectivity index (χ1) is 14.4. The summed E-state index contributed by atoms with van der Waals surface area (Å²) in [6.07, 6.45) is 2.31. The van der Waals surface area contributed by atoms with Gasteiger partial charge >= 0.3 is 23.9 Å². The third kappa shape index (κ3) is 7.17. The summed E-state index contributed by atoms with van der Waals surface area (Å²) in [6.45, 7) is 7.84. The van der Waals surface area contributed by atoms with Gasteiger partial charge in [-0.3, -0.25) is 0 Å². The molecule has 0 bridgehead atoms. The Morgan fingerprint density at radius 1 is 0.500 bits per heavy atom. The van der Waals surface area contributed by atoms with Crippen LogP contribution in [0.25, 0.3) is 0 Å². The van der Waals surface area contributed by atoms with Crippen LogP contribution < -0.4 is 0 Å². The van der Waals surface area contributed by atoms with Gasteiger partial charge in [0.25, 0.3) is 0 Å². The quantitative estimate of drug-likeness (QED) is 0.368. The van der Waals surface area contributed by atoms with E-state index < -0.39 is 23.9 Å². The first kappa shape index (κ1) is 25.1. The zero-order valence-electron chi connectivity index (χ0n) is 18.1. The normalized spacial score (nSPS) is 10.3. The van der Waals surface area contributed by atoms with Gasteiger partial charge in [-0.25, -0.2) is 19.2 Å². The maximum Gasteiger partial charge on any atom is 0.339 e. The summed E-state index contributed by atoms with van der Waals surface area (Å²) < 4.78 is 20.6. The van der Waals surface area contributed by atoms with Crippen molar-refractivity contribution in [2.75, 3.05) is 26.4 Å². The van der Waals surface area contributed by atoms with Gasteiger partial charge in [0.15, 0.2) is 0 Å². The minimum absolute atomic E-state index is 0.137. The van der Waals surface area contributed by atoms with Gasteiger partial charge in [-0.15, -0.1) is 0 Å². The molecule has 0 saturated carbocycles. The Labute approximate surface area is 176 Å². The van der Waals surface area contributed by atoms with Crippen LogP contribution in [0.2, 0.25) is 0 Å². The monoisotopic (exact) mass is 422 g/mol. The fraction of sp³-hybridized carbons (Fsp3) is 0.545. The van der Waals surface area contributed by atoms with Gasteiger partial charge in [0.05, 0.1) is 48.7 Å². The number of hydrogen-bond donors (Lipinski definition) is 0. The van der Waals surface area contributed by atoms with Crippen molar-refractivity contribution in [2.24, 2.45) is 0 Å². The van der Waals surface area contributed by atoms with Gasteiger partial charge in [-0.2, -0.15) is 0 Å². The number of carbonyl (C=O) groups excluding carboxylic acids is 4. The van der Waals surface area contributed by atoms with Crippen LogP contribution in [0.1, 0.15) is 94.8 Å². The zero-order valence-corrected chi connectivity index (χ0v) is 18.1. The van der Waals surface area contributed by atoms with Crippen molar-refractivity contribution in [3.8, 4) is 0 Å². The van der Waals surface area contributed by atoms with Crippen molar-refractivity contribution < 1.29 is 38.1 Å². The maximum absolute atomic E-state index is 12.5. The van der Waals surface area contributed by atoms with E-state index in [9.17, 15) is 19.2 Å². The van der Waals surface area contributed by atoms with E-state index in [1.165, 1.54) is 0 Å². The summed E-state index contributed by atoms with van der Waals surface area (Å²) in [4.78, 5) is 50.2. The predicted octanol–water partition coefficient (Wildman–Crippen LogP) is 3.95. The topological polar surface area (TPSA) is 105 Å². The van der Waals surface area contributed by atoms with Crippen molar-refractivity contribution in [3.63, 3.8) is 0 Å². The van der Waals surface area contributed by atoms with Gasteiger partial charge in [0.1, 0.15) is 0 Å². The van der Waals surface area contributed by atoms with E-state index in [-0.39, 0.29) is 48.7 Å². The van der Waals surface area contributed by atoms with Crippen LogP contribution >= 0.6 is 0 Å². The lowest BCUT2D eigenvalue weighted by Gasteiger charge is -2.15. The SMILES string of the molecule is CCCOC(=O)c1cc(C(=O)OCCC)c(C(=O)OCCC)cc1C(=O)OCCC. The highest BCUT2D eigenvalue weighted by Gasteiger charge is 2.28. The molecule has 0 saturated heterocycles. The summed E-state index contributed by atoms with van der Waals surface area (Å²) in [7, 11) is 0. The molecule has 0 atom stereocenters. The van der Waals surface area contributed by atoms with Gasteiger partial charge in [-0.05, 0) is 37.8 Å². The minimum Gasteiger partial charge on any atom is -0.462 e. The molecular weight excluding hydrogens is 392 g/mol. The fourth-order valence-corrected chi connectivity index (χ4v) is 2.37. The molecule has 0 radical (unpaired) electrons. The first-order valence-electron chi connectivity index (χ1n) is 10.3. The molecule has 1 aromatic carbocycles. The van der Waals surface area contributed by atoms with Crippen LogP contribution in [0.4, 0.5) is 0 Å². The summed E-state index contributed by atoms with van der Waals surface area (Å²) in [6, 6.07) is 2.28. The van der Waals surface area contributed by atoms with Crippen LogP contribution in [0, 0.1) is 0 Å². The van der Waals surface area contributed by atoms with E-state index >= 15 is 0 Å². The highest BCUT2D eigenvalue weighted by molar-refractivity contribution is 6.10. The van der Waals surface area contributed by atoms with Crippen LogP contribution in [0.5, 0.6) is 0 Å². The van der Waals surface area contributed by atoms with Crippen molar-refractivity contribution in [3.05, 3.63) is 34.4 Å². The highest BCUT2D eigenvalue weighted by atomic mass is 16.5. The van der Waals surface area contributed by atoms with Crippen LogP contribution in [0.3, 0.4) is 0 Å². The molecule has 1 aromatic rings. The second-order valence-electron chi connectivity index (χ2n) is 6.49. The van der Waals surface area contributed by atoms with E-state index in [0.29, 0.717) is 25.7 Å². The average molecular weight is 422 g/mol. The molecule has 0 heterocycles. The Morgan fingerprint density at radius 2 is 0.700 bits per heavy atom. The third-order valence-electron chi connectivity index (χ3n) is 3.79. The number of carbonyl (C=O) groups is 4. The lowest BCUT2D eigenvalue weighted by molar-refractivity contribution is 0.0442. The molecule has 1 rings (SSSR count). The summed E-state index contributed by atoms with van der Waals surface area (Å²) in [5, 5.41) is 0. The van der Waals surface area contributed by atoms with Gasteiger partial charge in [0, 0.05) is 0 Å². The lowest BCUT2D eigenvalue weighted by atomic mass is 9.98. The molecule has 0 aliphatic heterocycles. The van der Waals surface area contributed by atoms with E-state index in [1.807, 2.05) is 27.7 Å². The van der Waals surface area contributed by atoms with Crippen LogP contribution in [-0.2, 0) is 18.9 Å². The number of hydrogen-bond acceptors (Lipinski definition) is 8. The molecule has 0 aliphatic carbocycles. The predicted molar refractivity (Wildman–Crippen MR) is 109 cm³/mol. The largest absolute Gasteiger partial charge is 0.462 e. The third-order valence-corrected chi connectivity index (χ3v) is 3.79. The van der Waals surface area contributed by atoms with Gasteiger partial charge < -0.3 is 18.9 Å². The molecule has 0 aromatic heterocycles. The standard InChI is InChI=1S/C22H30O8/c1-5-9-27-19(23)15-13-17(21(25)29-11-7-3)18(22(26)30-12-8-4)14-16(15)20(24)28-10-6-2/h13-14H,5-12H2,1-4H3. The molecule has 0 aliphatic rings. The summed E-state index contributed by atoms with van der Waals surface area (Å²) >= 11 is 0. The van der Waals surface area contributed by atoms with Crippen molar-refractivity contribution in [1.29, 1.82) is 0 Å². The Balaban J connectivity index is 3.54. The Bertz CT molecular complexity index is 631. The summed E-state index contributed by atoms with van der Waals surface area (Å²) in [5.74, 6) is -3.17. The second-order valence-corrected chi connectivity index (χ2v) is 6.49. The number of benzene rings is 1. The van der Waals surface area contributed by atoms with Crippen LogP contribution in [-0.4, -0.2) is 50.3 Å². The molecule has 166 valence electrons. The van der Waals surface area contributed by atoms with E-state index in [2.05, 4.69) is 0 Å². The van der Waals surface area contributed by atoms with Crippen molar-refractivity contribution in [2.45, 2.75) is 53.4 Å². The average Bonchev–Trinajstić information content (AvgIpc) is 2.76. The lowest BCUT2D eigenvalue weighted by Crippen LogP contribution is -2.21. The first-order valence-corrected chi connectivity index (χ1v) is 10.3. The van der Waals surface area contributed by atoms with Crippen molar-refractivity contribution in [1.82, 2.24) is 0 Å². The van der Waals surface area contributed by atoms with Crippen LogP contribution in [0.15, 0.2) is 12.1 Å². The molecule has 30 heavy (non-hydrogen) atoms. The van der Waals surface area contributed by atoms with E-state index in [0.717, 1.165) is 12.1 Å².